The van der Waals surface area contributed by atoms with Crippen LogP contribution in [-0.4, -0.2) is 22.5 Å². The number of benzene rings is 2. The zero-order valence-corrected chi connectivity index (χ0v) is 16.7. The highest BCUT2D eigenvalue weighted by Gasteiger charge is 2.18. The molecule has 0 atom stereocenters. The molecule has 0 saturated carbocycles. The van der Waals surface area contributed by atoms with Gasteiger partial charge in [0.2, 0.25) is 5.71 Å². The predicted octanol–water partition coefficient (Wildman–Crippen LogP) is 5.77. The molecule has 0 spiro atoms. The molecule has 0 amide bonds. The molecule has 0 aliphatic rings. The maximum absolute atomic E-state index is 12.0. The maximum Gasteiger partial charge on any atom is 0.338 e. The largest absolute Gasteiger partial charge is 0.462 e. The predicted molar refractivity (Wildman–Crippen MR) is 113 cm³/mol. The molecule has 6 nitrogen and oxygen atoms in total. The number of esters is 1. The second-order valence-corrected chi connectivity index (χ2v) is 6.83. The number of hydrogen-bond donors (Lipinski definition) is 1. The molecule has 0 unspecified atom stereocenters. The van der Waals surface area contributed by atoms with Gasteiger partial charge in [-0.1, -0.05) is 17.7 Å². The zero-order chi connectivity index (χ0) is 20.4. The van der Waals surface area contributed by atoms with Crippen LogP contribution >= 0.6 is 11.6 Å². The first kappa shape index (κ1) is 19.0. The minimum absolute atomic E-state index is 0.324. The van der Waals surface area contributed by atoms with E-state index in [9.17, 15) is 4.79 Å². The number of fused-ring (bicyclic) bond motifs is 1. The lowest BCUT2D eigenvalue weighted by Crippen LogP contribution is -2.05. The van der Waals surface area contributed by atoms with Gasteiger partial charge < -0.3 is 14.5 Å². The van der Waals surface area contributed by atoms with Gasteiger partial charge in [0, 0.05) is 21.8 Å². The Morgan fingerprint density at radius 1 is 1.17 bits per heavy atom. The fourth-order valence-corrected chi connectivity index (χ4v) is 3.24. The van der Waals surface area contributed by atoms with E-state index < -0.39 is 0 Å². The monoisotopic (exact) mass is 407 g/mol. The minimum atomic E-state index is -0.367. The van der Waals surface area contributed by atoms with Crippen LogP contribution in [0, 0.1) is 6.92 Å². The first-order chi connectivity index (χ1) is 14.1. The van der Waals surface area contributed by atoms with E-state index in [2.05, 4.69) is 15.3 Å². The van der Waals surface area contributed by atoms with Crippen molar-refractivity contribution in [3.8, 4) is 11.3 Å². The summed E-state index contributed by atoms with van der Waals surface area (Å²) in [5, 5.41) is 4.69. The van der Waals surface area contributed by atoms with Gasteiger partial charge in [-0.2, -0.15) is 0 Å². The van der Waals surface area contributed by atoms with E-state index in [1.165, 1.54) is 6.33 Å². The lowest BCUT2D eigenvalue weighted by Gasteiger charge is -2.08. The molecule has 4 rings (SSSR count). The van der Waals surface area contributed by atoms with Gasteiger partial charge in [0.05, 0.1) is 17.6 Å². The molecular formula is C22H18ClN3O3. The van der Waals surface area contributed by atoms with Gasteiger partial charge in [-0.15, -0.1) is 0 Å². The maximum atomic E-state index is 12.0. The van der Waals surface area contributed by atoms with Crippen molar-refractivity contribution in [2.45, 2.75) is 13.8 Å². The topological polar surface area (TPSA) is 77.2 Å². The Bertz CT molecular complexity index is 1190. The summed E-state index contributed by atoms with van der Waals surface area (Å²) in [7, 11) is 0. The minimum Gasteiger partial charge on any atom is -0.462 e. The number of aryl methyl sites for hydroxylation is 1. The number of anilines is 2. The van der Waals surface area contributed by atoms with Gasteiger partial charge in [-0.3, -0.25) is 0 Å². The molecule has 2 aromatic heterocycles. The molecule has 0 aliphatic carbocycles. The number of halogens is 1. The number of ether oxygens (including phenoxy) is 1. The Labute approximate surface area is 172 Å². The van der Waals surface area contributed by atoms with Crippen LogP contribution in [0.3, 0.4) is 0 Å². The average molecular weight is 408 g/mol. The van der Waals surface area contributed by atoms with Crippen LogP contribution in [0.4, 0.5) is 11.5 Å². The van der Waals surface area contributed by atoms with E-state index in [0.29, 0.717) is 40.2 Å². The molecule has 0 radical (unpaired) electrons. The average Bonchev–Trinajstić information content (AvgIpc) is 3.06. The summed E-state index contributed by atoms with van der Waals surface area (Å²) in [6.07, 6.45) is 1.44. The number of carbonyl (C=O) groups is 1. The van der Waals surface area contributed by atoms with Gasteiger partial charge in [0.15, 0.2) is 0 Å². The van der Waals surface area contributed by atoms with Crippen LogP contribution in [0.2, 0.25) is 5.02 Å². The fraction of sp³-hybridized carbons (Fsp3) is 0.136. The summed E-state index contributed by atoms with van der Waals surface area (Å²) in [4.78, 5) is 20.6. The number of carbonyl (C=O) groups excluding carboxylic acids is 1. The van der Waals surface area contributed by atoms with Gasteiger partial charge in [-0.05, 0) is 56.3 Å². The van der Waals surface area contributed by atoms with E-state index >= 15 is 0 Å². The second-order valence-electron chi connectivity index (χ2n) is 6.39. The van der Waals surface area contributed by atoms with Gasteiger partial charge >= 0.3 is 5.97 Å². The van der Waals surface area contributed by atoms with E-state index in [0.717, 1.165) is 16.5 Å². The summed E-state index contributed by atoms with van der Waals surface area (Å²) in [5.41, 5.74) is 3.47. The lowest BCUT2D eigenvalue weighted by molar-refractivity contribution is 0.0526. The molecule has 0 aliphatic heterocycles. The summed E-state index contributed by atoms with van der Waals surface area (Å²) in [6, 6.07) is 14.5. The zero-order valence-electron chi connectivity index (χ0n) is 15.9. The van der Waals surface area contributed by atoms with Crippen molar-refractivity contribution in [2.24, 2.45) is 0 Å². The first-order valence-corrected chi connectivity index (χ1v) is 9.49. The molecule has 0 bridgehead atoms. The number of hydrogen-bond acceptors (Lipinski definition) is 6. The third-order valence-electron chi connectivity index (χ3n) is 4.47. The summed E-state index contributed by atoms with van der Waals surface area (Å²) in [5.74, 6) is 0.937. The van der Waals surface area contributed by atoms with E-state index in [-0.39, 0.29) is 5.97 Å². The number of rotatable bonds is 5. The van der Waals surface area contributed by atoms with E-state index in [4.69, 9.17) is 20.8 Å². The molecule has 7 heteroatoms. The molecule has 4 aromatic rings. The third kappa shape index (κ3) is 3.79. The molecule has 0 fully saturated rings. The van der Waals surface area contributed by atoms with Crippen molar-refractivity contribution in [3.63, 3.8) is 0 Å². The highest BCUT2D eigenvalue weighted by atomic mass is 35.5. The highest BCUT2D eigenvalue weighted by Crippen LogP contribution is 2.36. The number of furan rings is 1. The van der Waals surface area contributed by atoms with E-state index in [1.807, 2.05) is 37.3 Å². The van der Waals surface area contributed by atoms with Crippen molar-refractivity contribution in [2.75, 3.05) is 11.9 Å². The Balaban J connectivity index is 1.73. The van der Waals surface area contributed by atoms with Crippen LogP contribution in [0.5, 0.6) is 0 Å². The van der Waals surface area contributed by atoms with Crippen molar-refractivity contribution in [1.29, 1.82) is 0 Å². The standard InChI is InChI=1S/C22H18ClN3O3/c1-3-28-22(27)15-5-4-6-17(11-15)26-20-18-13(2)19(29-21(18)25-12-24-20)14-7-9-16(23)10-8-14/h4-12H,3H2,1-2H3,(H,24,25,26). The molecular weight excluding hydrogens is 390 g/mol. The quantitative estimate of drug-likeness (QED) is 0.423. The third-order valence-corrected chi connectivity index (χ3v) is 4.72. The van der Waals surface area contributed by atoms with Gasteiger partial charge in [0.1, 0.15) is 17.9 Å². The lowest BCUT2D eigenvalue weighted by atomic mass is 10.1. The van der Waals surface area contributed by atoms with E-state index in [1.54, 1.807) is 25.1 Å². The normalized spacial score (nSPS) is 10.9. The molecule has 146 valence electrons. The summed E-state index contributed by atoms with van der Waals surface area (Å²) >= 11 is 5.99. The van der Waals surface area contributed by atoms with Crippen molar-refractivity contribution >= 4 is 40.2 Å². The number of nitrogens with zero attached hydrogens (tertiary/aromatic N) is 2. The molecule has 29 heavy (non-hydrogen) atoms. The number of nitrogens with one attached hydrogen (secondary N) is 1. The Hall–Kier alpha value is -3.38. The Morgan fingerprint density at radius 2 is 1.97 bits per heavy atom. The van der Waals surface area contributed by atoms with Crippen molar-refractivity contribution in [1.82, 2.24) is 9.97 Å². The van der Waals surface area contributed by atoms with Crippen LogP contribution in [0.1, 0.15) is 22.8 Å². The number of aromatic nitrogens is 2. The smallest absolute Gasteiger partial charge is 0.338 e. The second kappa shape index (κ2) is 7.93. The van der Waals surface area contributed by atoms with Gasteiger partial charge in [0.25, 0.3) is 0 Å². The van der Waals surface area contributed by atoms with Crippen LogP contribution in [0.15, 0.2) is 59.3 Å². The van der Waals surface area contributed by atoms with Gasteiger partial charge in [-0.25, -0.2) is 14.8 Å². The van der Waals surface area contributed by atoms with Crippen molar-refractivity contribution in [3.05, 3.63) is 71.0 Å². The summed E-state index contributed by atoms with van der Waals surface area (Å²) in [6.45, 7) is 4.06. The van der Waals surface area contributed by atoms with Crippen LogP contribution in [-0.2, 0) is 4.74 Å². The molecule has 0 saturated heterocycles. The highest BCUT2D eigenvalue weighted by molar-refractivity contribution is 6.30. The SMILES string of the molecule is CCOC(=O)c1cccc(Nc2ncnc3oc(-c4ccc(Cl)cc4)c(C)c23)c1. The van der Waals surface area contributed by atoms with Crippen molar-refractivity contribution < 1.29 is 13.9 Å². The van der Waals surface area contributed by atoms with Crippen LogP contribution in [0.25, 0.3) is 22.4 Å². The molecule has 1 N–H and O–H groups in total. The Morgan fingerprint density at radius 3 is 2.72 bits per heavy atom. The summed E-state index contributed by atoms with van der Waals surface area (Å²) < 4.78 is 11.1. The molecule has 2 aromatic carbocycles. The molecule has 2 heterocycles. The first-order valence-electron chi connectivity index (χ1n) is 9.11. The Kier molecular flexibility index (Phi) is 5.18. The van der Waals surface area contributed by atoms with Crippen LogP contribution < -0.4 is 5.32 Å². The fourth-order valence-electron chi connectivity index (χ4n) is 3.12.